The first-order chi connectivity index (χ1) is 11.2. The molecule has 2 aromatic heterocycles. The lowest BCUT2D eigenvalue weighted by Crippen LogP contribution is -2.01. The fourth-order valence-electron chi connectivity index (χ4n) is 2.33. The van der Waals surface area contributed by atoms with Crippen molar-refractivity contribution >= 4 is 11.8 Å². The van der Waals surface area contributed by atoms with Gasteiger partial charge in [-0.2, -0.15) is 4.98 Å². The summed E-state index contributed by atoms with van der Waals surface area (Å²) >= 11 is 1.55. The second kappa shape index (κ2) is 6.95. The van der Waals surface area contributed by atoms with Crippen LogP contribution in [-0.2, 0) is 12.2 Å². The van der Waals surface area contributed by atoms with Crippen LogP contribution in [0.5, 0.6) is 0 Å². The lowest BCUT2D eigenvalue weighted by atomic mass is 10.2. The van der Waals surface area contributed by atoms with Gasteiger partial charge in [0.15, 0.2) is 11.0 Å². The molecular weight excluding hydrogens is 310 g/mol. The molecule has 7 heteroatoms. The molecule has 6 nitrogen and oxygen atoms in total. The maximum Gasteiger partial charge on any atom is 0.237 e. The molecule has 0 bridgehead atoms. The van der Waals surface area contributed by atoms with Crippen LogP contribution >= 0.6 is 11.8 Å². The number of nitrogens with zero attached hydrogens (tertiary/aromatic N) is 5. The van der Waals surface area contributed by atoms with Gasteiger partial charge in [-0.1, -0.05) is 42.0 Å². The fourth-order valence-corrected chi connectivity index (χ4v) is 3.16. The normalized spacial score (nSPS) is 11.1. The van der Waals surface area contributed by atoms with Crippen molar-refractivity contribution in [1.29, 1.82) is 0 Å². The number of hydrogen-bond donors (Lipinski definition) is 0. The predicted octanol–water partition coefficient (Wildman–Crippen LogP) is 3.51. The van der Waals surface area contributed by atoms with E-state index in [4.69, 9.17) is 4.52 Å². The molecule has 0 atom stereocenters. The molecule has 3 rings (SSSR count). The average Bonchev–Trinajstić information content (AvgIpc) is 3.13. The molecule has 0 aliphatic rings. The van der Waals surface area contributed by atoms with Gasteiger partial charge < -0.3 is 4.52 Å². The summed E-state index contributed by atoms with van der Waals surface area (Å²) in [6, 6.07) is 8.20. The van der Waals surface area contributed by atoms with E-state index in [0.29, 0.717) is 11.6 Å². The Morgan fingerprint density at radius 1 is 1.17 bits per heavy atom. The van der Waals surface area contributed by atoms with Crippen LogP contribution in [0.3, 0.4) is 0 Å². The minimum Gasteiger partial charge on any atom is -0.338 e. The van der Waals surface area contributed by atoms with Crippen LogP contribution in [0.15, 0.2) is 33.9 Å². The second-order valence-corrected chi connectivity index (χ2v) is 6.24. The van der Waals surface area contributed by atoms with Crippen molar-refractivity contribution in [3.8, 4) is 5.69 Å². The summed E-state index contributed by atoms with van der Waals surface area (Å²) in [7, 11) is 0. The highest BCUT2D eigenvalue weighted by Gasteiger charge is 2.15. The van der Waals surface area contributed by atoms with Crippen molar-refractivity contribution in [2.45, 2.75) is 44.5 Å². The lowest BCUT2D eigenvalue weighted by Gasteiger charge is -2.10. The Morgan fingerprint density at radius 2 is 2.00 bits per heavy atom. The van der Waals surface area contributed by atoms with Gasteiger partial charge in [-0.15, -0.1) is 10.2 Å². The quantitative estimate of drug-likeness (QED) is 0.645. The van der Waals surface area contributed by atoms with Crippen LogP contribution < -0.4 is 0 Å². The molecule has 0 saturated carbocycles. The molecule has 23 heavy (non-hydrogen) atoms. The monoisotopic (exact) mass is 329 g/mol. The third-order valence-corrected chi connectivity index (χ3v) is 4.37. The molecule has 0 unspecified atom stereocenters. The zero-order valence-electron chi connectivity index (χ0n) is 13.5. The van der Waals surface area contributed by atoms with Crippen LogP contribution in [0.4, 0.5) is 0 Å². The van der Waals surface area contributed by atoms with Gasteiger partial charge in [0, 0.05) is 6.42 Å². The molecule has 0 fully saturated rings. The van der Waals surface area contributed by atoms with Crippen molar-refractivity contribution in [2.75, 3.05) is 0 Å². The second-order valence-electron chi connectivity index (χ2n) is 5.29. The Labute approximate surface area is 139 Å². The maximum absolute atomic E-state index is 5.28. The molecular formula is C16H19N5OS. The third-order valence-electron chi connectivity index (χ3n) is 3.46. The molecule has 3 aromatic rings. The number of aromatic nitrogens is 5. The summed E-state index contributed by atoms with van der Waals surface area (Å²) in [4.78, 5) is 4.39. The molecule has 0 aliphatic carbocycles. The van der Waals surface area contributed by atoms with Crippen molar-refractivity contribution in [3.63, 3.8) is 0 Å². The Hall–Kier alpha value is -2.15. The zero-order valence-corrected chi connectivity index (χ0v) is 14.3. The van der Waals surface area contributed by atoms with Gasteiger partial charge in [-0.25, -0.2) is 0 Å². The number of rotatable bonds is 6. The molecule has 2 heterocycles. The molecule has 0 amide bonds. The van der Waals surface area contributed by atoms with E-state index in [9.17, 15) is 0 Å². The zero-order chi connectivity index (χ0) is 16.2. The molecule has 0 spiro atoms. The summed E-state index contributed by atoms with van der Waals surface area (Å²) in [5.74, 6) is 2.83. The molecule has 0 aliphatic heterocycles. The summed E-state index contributed by atoms with van der Waals surface area (Å²) in [5, 5.41) is 13.3. The summed E-state index contributed by atoms with van der Waals surface area (Å²) in [6.45, 7) is 6.13. The minimum absolute atomic E-state index is 0.584. The Kier molecular flexibility index (Phi) is 4.76. The van der Waals surface area contributed by atoms with Crippen LogP contribution in [0.1, 0.15) is 36.4 Å². The summed E-state index contributed by atoms with van der Waals surface area (Å²) < 4.78 is 7.33. The van der Waals surface area contributed by atoms with Gasteiger partial charge >= 0.3 is 0 Å². The predicted molar refractivity (Wildman–Crippen MR) is 88.7 cm³/mol. The molecule has 1 aromatic carbocycles. The molecule has 0 N–H and O–H groups in total. The van der Waals surface area contributed by atoms with Gasteiger partial charge in [-0.3, -0.25) is 4.57 Å². The van der Waals surface area contributed by atoms with E-state index < -0.39 is 0 Å². The molecule has 0 saturated heterocycles. The largest absolute Gasteiger partial charge is 0.338 e. The summed E-state index contributed by atoms with van der Waals surface area (Å²) in [6.07, 6.45) is 1.85. The average molecular weight is 329 g/mol. The first-order valence-electron chi connectivity index (χ1n) is 7.61. The van der Waals surface area contributed by atoms with Crippen molar-refractivity contribution in [2.24, 2.45) is 0 Å². The Bertz CT molecular complexity index is 795. The number of aryl methyl sites for hydroxylation is 3. The van der Waals surface area contributed by atoms with Gasteiger partial charge in [0.25, 0.3) is 0 Å². The van der Waals surface area contributed by atoms with Gasteiger partial charge in [0.1, 0.15) is 5.82 Å². The topological polar surface area (TPSA) is 69.6 Å². The van der Waals surface area contributed by atoms with E-state index in [2.05, 4.69) is 50.9 Å². The SMILES string of the molecule is CCCc1noc(CSc2nnc(C)n2-c2ccccc2C)n1. The lowest BCUT2D eigenvalue weighted by molar-refractivity contribution is 0.384. The fraction of sp³-hybridized carbons (Fsp3) is 0.375. The number of benzene rings is 1. The third kappa shape index (κ3) is 3.44. The van der Waals surface area contributed by atoms with Crippen LogP contribution in [0.25, 0.3) is 5.69 Å². The molecule has 120 valence electrons. The van der Waals surface area contributed by atoms with E-state index >= 15 is 0 Å². The number of hydrogen-bond acceptors (Lipinski definition) is 6. The molecule has 0 radical (unpaired) electrons. The van der Waals surface area contributed by atoms with Gasteiger partial charge in [-0.05, 0) is 31.9 Å². The minimum atomic E-state index is 0.584. The van der Waals surface area contributed by atoms with Crippen LogP contribution in [0.2, 0.25) is 0 Å². The van der Waals surface area contributed by atoms with E-state index in [1.807, 2.05) is 19.1 Å². The maximum atomic E-state index is 5.28. The Morgan fingerprint density at radius 3 is 2.78 bits per heavy atom. The summed E-state index contributed by atoms with van der Waals surface area (Å²) in [5.41, 5.74) is 2.27. The number of para-hydroxylation sites is 1. The smallest absolute Gasteiger partial charge is 0.237 e. The van der Waals surface area contributed by atoms with Crippen molar-refractivity contribution in [1.82, 2.24) is 24.9 Å². The van der Waals surface area contributed by atoms with E-state index in [1.165, 1.54) is 5.56 Å². The highest BCUT2D eigenvalue weighted by molar-refractivity contribution is 7.98. The highest BCUT2D eigenvalue weighted by atomic mass is 32.2. The first kappa shape index (κ1) is 15.7. The van der Waals surface area contributed by atoms with Crippen molar-refractivity contribution < 1.29 is 4.52 Å². The van der Waals surface area contributed by atoms with E-state index in [1.54, 1.807) is 11.8 Å². The van der Waals surface area contributed by atoms with E-state index in [-0.39, 0.29) is 0 Å². The first-order valence-corrected chi connectivity index (χ1v) is 8.60. The van der Waals surface area contributed by atoms with Crippen LogP contribution in [-0.4, -0.2) is 24.9 Å². The van der Waals surface area contributed by atoms with Crippen LogP contribution in [0, 0.1) is 13.8 Å². The van der Waals surface area contributed by atoms with E-state index in [0.717, 1.165) is 35.3 Å². The van der Waals surface area contributed by atoms with Crippen molar-refractivity contribution in [3.05, 3.63) is 47.4 Å². The van der Waals surface area contributed by atoms with Gasteiger partial charge in [0.2, 0.25) is 5.89 Å². The highest BCUT2D eigenvalue weighted by Crippen LogP contribution is 2.26. The number of thioether (sulfide) groups is 1. The Balaban J connectivity index is 1.80. The van der Waals surface area contributed by atoms with Gasteiger partial charge in [0.05, 0.1) is 11.4 Å². The standard InChI is InChI=1S/C16H19N5OS/c1-4-7-14-17-15(22-20-14)10-23-16-19-18-12(3)21(16)13-9-6-5-8-11(13)2/h5-6,8-9H,4,7,10H2,1-3H3.